The second kappa shape index (κ2) is 11.1. The fourth-order valence-electron chi connectivity index (χ4n) is 3.26. The first-order valence-corrected chi connectivity index (χ1v) is 12.5. The van der Waals surface area contributed by atoms with Gasteiger partial charge in [-0.25, -0.2) is 9.59 Å². The minimum absolute atomic E-state index is 0.158. The number of anilines is 1. The summed E-state index contributed by atoms with van der Waals surface area (Å²) in [4.78, 5) is 26.6. The van der Waals surface area contributed by atoms with E-state index in [0.717, 1.165) is 32.5 Å². The molecule has 0 aliphatic carbocycles. The van der Waals surface area contributed by atoms with Crippen molar-refractivity contribution >= 4 is 44.3 Å². The molecule has 0 fully saturated rings. The molecule has 180 valence electrons. The minimum Gasteiger partial charge on any atom is -0.489 e. The molecule has 0 saturated heterocycles. The van der Waals surface area contributed by atoms with Crippen LogP contribution in [0.25, 0.3) is 0 Å². The predicted octanol–water partition coefficient (Wildman–Crippen LogP) is 7.29. The highest BCUT2D eigenvalue weighted by molar-refractivity contribution is 9.10. The van der Waals surface area contributed by atoms with E-state index in [9.17, 15) is 14.7 Å². The Balaban J connectivity index is 1.99. The third kappa shape index (κ3) is 6.84. The Kier molecular flexibility index (Phi) is 8.38. The Morgan fingerprint density at radius 3 is 2.38 bits per heavy atom. The first kappa shape index (κ1) is 25.8. The summed E-state index contributed by atoms with van der Waals surface area (Å²) >= 11 is 4.58. The topological polar surface area (TPSA) is 76.1 Å². The molecular weight excluding hydrogens is 518 g/mol. The Bertz CT molecular complexity index is 1150. The van der Waals surface area contributed by atoms with Crippen LogP contribution in [0.1, 0.15) is 54.1 Å². The van der Waals surface area contributed by atoms with Crippen molar-refractivity contribution in [3.05, 3.63) is 80.6 Å². The van der Waals surface area contributed by atoms with Gasteiger partial charge in [0.05, 0.1) is 6.54 Å². The second-order valence-electron chi connectivity index (χ2n) is 8.69. The zero-order chi connectivity index (χ0) is 24.9. The number of carboxylic acids is 1. The van der Waals surface area contributed by atoms with Gasteiger partial charge in [-0.1, -0.05) is 53.2 Å². The molecule has 8 heteroatoms. The number of carbonyl (C=O) groups is 2. The maximum Gasteiger partial charge on any atom is 0.415 e. The van der Waals surface area contributed by atoms with Crippen LogP contribution in [-0.2, 0) is 24.3 Å². The van der Waals surface area contributed by atoms with Crippen molar-refractivity contribution in [1.29, 1.82) is 0 Å². The third-order valence-electron chi connectivity index (χ3n) is 4.83. The van der Waals surface area contributed by atoms with Crippen LogP contribution < -0.4 is 9.64 Å². The number of hydrogen-bond donors (Lipinski definition) is 1. The van der Waals surface area contributed by atoms with E-state index in [1.165, 1.54) is 4.90 Å². The van der Waals surface area contributed by atoms with Gasteiger partial charge in [0.1, 0.15) is 27.8 Å². The number of amides is 1. The van der Waals surface area contributed by atoms with Crippen molar-refractivity contribution in [1.82, 2.24) is 0 Å². The highest BCUT2D eigenvalue weighted by Crippen LogP contribution is 2.36. The summed E-state index contributed by atoms with van der Waals surface area (Å²) in [6.07, 6.45) is 0.0313. The van der Waals surface area contributed by atoms with Gasteiger partial charge >= 0.3 is 12.1 Å². The molecule has 34 heavy (non-hydrogen) atoms. The molecule has 0 spiro atoms. The van der Waals surface area contributed by atoms with Gasteiger partial charge in [-0.15, -0.1) is 11.3 Å². The van der Waals surface area contributed by atoms with Crippen LogP contribution in [0.5, 0.6) is 5.75 Å². The van der Waals surface area contributed by atoms with Crippen LogP contribution in [0.3, 0.4) is 0 Å². The van der Waals surface area contributed by atoms with E-state index < -0.39 is 17.7 Å². The average Bonchev–Trinajstić information content (AvgIpc) is 3.21. The number of aromatic carboxylic acids is 1. The fraction of sp³-hybridized carbons (Fsp3) is 0.308. The maximum absolute atomic E-state index is 13.3. The Morgan fingerprint density at radius 1 is 1.06 bits per heavy atom. The SMILES string of the molecule is CCc1cc(C(=O)O)sc1N(Cc1cc(Br)ccc1OCc1ccccc1)C(=O)OC(C)(C)C. The normalized spacial score (nSPS) is 11.2. The lowest BCUT2D eigenvalue weighted by Gasteiger charge is -2.28. The molecule has 6 nitrogen and oxygen atoms in total. The molecule has 1 aromatic heterocycles. The molecule has 0 saturated carbocycles. The van der Waals surface area contributed by atoms with Crippen molar-refractivity contribution < 1.29 is 24.2 Å². The van der Waals surface area contributed by atoms with Crippen LogP contribution in [0.15, 0.2) is 59.1 Å². The Labute approximate surface area is 212 Å². The lowest BCUT2D eigenvalue weighted by molar-refractivity contribution is 0.0577. The van der Waals surface area contributed by atoms with Crippen molar-refractivity contribution in [3.63, 3.8) is 0 Å². The molecule has 0 bridgehead atoms. The summed E-state index contributed by atoms with van der Waals surface area (Å²) in [5.74, 6) is -0.391. The largest absolute Gasteiger partial charge is 0.489 e. The van der Waals surface area contributed by atoms with E-state index in [1.807, 2.05) is 55.5 Å². The van der Waals surface area contributed by atoms with Crippen LogP contribution in [-0.4, -0.2) is 22.8 Å². The number of thiophene rings is 1. The number of rotatable bonds is 8. The van der Waals surface area contributed by atoms with Crippen molar-refractivity contribution in [2.75, 3.05) is 4.90 Å². The number of nitrogens with zero attached hydrogens (tertiary/aromatic N) is 1. The van der Waals surface area contributed by atoms with Crippen molar-refractivity contribution in [2.45, 2.75) is 52.9 Å². The minimum atomic E-state index is -1.02. The first-order valence-electron chi connectivity index (χ1n) is 10.9. The highest BCUT2D eigenvalue weighted by atomic mass is 79.9. The summed E-state index contributed by atoms with van der Waals surface area (Å²) in [7, 11) is 0. The lowest BCUT2D eigenvalue weighted by Crippen LogP contribution is -2.36. The van der Waals surface area contributed by atoms with E-state index >= 15 is 0 Å². The molecule has 3 aromatic rings. The summed E-state index contributed by atoms with van der Waals surface area (Å²) < 4.78 is 12.6. The van der Waals surface area contributed by atoms with Gasteiger partial charge in [-0.3, -0.25) is 4.90 Å². The predicted molar refractivity (Wildman–Crippen MR) is 138 cm³/mol. The lowest BCUT2D eigenvalue weighted by atomic mass is 10.1. The number of ether oxygens (including phenoxy) is 2. The molecular formula is C26H28BrNO5S. The number of hydrogen-bond acceptors (Lipinski definition) is 5. The average molecular weight is 546 g/mol. The number of benzene rings is 2. The molecule has 0 aliphatic rings. The molecule has 0 unspecified atom stereocenters. The van der Waals surface area contributed by atoms with Crippen molar-refractivity contribution in [3.8, 4) is 5.75 Å². The van der Waals surface area contributed by atoms with Crippen LogP contribution in [0.2, 0.25) is 0 Å². The third-order valence-corrected chi connectivity index (χ3v) is 6.51. The van der Waals surface area contributed by atoms with E-state index in [1.54, 1.807) is 26.8 Å². The molecule has 1 N–H and O–H groups in total. The standard InChI is InChI=1S/C26H28BrNO5S/c1-5-18-14-22(24(29)30)34-23(18)28(25(31)33-26(2,3)4)15-19-13-20(27)11-12-21(19)32-16-17-9-7-6-8-10-17/h6-14H,5,15-16H2,1-4H3,(H,29,30). The smallest absolute Gasteiger partial charge is 0.415 e. The van der Waals surface area contributed by atoms with Crippen molar-refractivity contribution in [2.24, 2.45) is 0 Å². The van der Waals surface area contributed by atoms with Crippen LogP contribution in [0.4, 0.5) is 9.80 Å². The molecule has 1 heterocycles. The summed E-state index contributed by atoms with van der Waals surface area (Å²) in [6.45, 7) is 7.87. The zero-order valence-electron chi connectivity index (χ0n) is 19.6. The molecule has 3 rings (SSSR count). The van der Waals surface area contributed by atoms with Gasteiger partial charge in [0.15, 0.2) is 0 Å². The number of carbonyl (C=O) groups excluding carboxylic acids is 1. The number of halogens is 1. The molecule has 0 aliphatic heterocycles. The maximum atomic E-state index is 13.3. The molecule has 0 radical (unpaired) electrons. The monoisotopic (exact) mass is 545 g/mol. The Morgan fingerprint density at radius 2 is 1.76 bits per heavy atom. The summed E-state index contributed by atoms with van der Waals surface area (Å²) in [5.41, 5.74) is 1.86. The van der Waals surface area contributed by atoms with E-state index in [-0.39, 0.29) is 11.4 Å². The van der Waals surface area contributed by atoms with Crippen LogP contribution in [0, 0.1) is 0 Å². The highest BCUT2D eigenvalue weighted by Gasteiger charge is 2.28. The zero-order valence-corrected chi connectivity index (χ0v) is 22.0. The quantitative estimate of drug-likeness (QED) is 0.321. The number of aryl methyl sites for hydroxylation is 1. The van der Waals surface area contributed by atoms with Crippen LogP contribution >= 0.6 is 27.3 Å². The second-order valence-corrected chi connectivity index (χ2v) is 10.6. The van der Waals surface area contributed by atoms with Gasteiger partial charge in [0.2, 0.25) is 0 Å². The van der Waals surface area contributed by atoms with Gasteiger partial charge in [0, 0.05) is 10.0 Å². The Hall–Kier alpha value is -2.84. The van der Waals surface area contributed by atoms with E-state index in [4.69, 9.17) is 9.47 Å². The fourth-order valence-corrected chi connectivity index (χ4v) is 4.75. The van der Waals surface area contributed by atoms with E-state index in [2.05, 4.69) is 15.9 Å². The molecule has 1 amide bonds. The first-order chi connectivity index (χ1) is 16.1. The molecule has 2 aromatic carbocycles. The van der Waals surface area contributed by atoms with Gasteiger partial charge in [-0.05, 0) is 62.6 Å². The summed E-state index contributed by atoms with van der Waals surface area (Å²) in [6, 6.07) is 17.1. The molecule has 0 atom stereocenters. The van der Waals surface area contributed by atoms with Gasteiger partial charge in [0.25, 0.3) is 0 Å². The van der Waals surface area contributed by atoms with Gasteiger partial charge in [-0.2, -0.15) is 0 Å². The summed E-state index contributed by atoms with van der Waals surface area (Å²) in [5, 5.41) is 10.1. The van der Waals surface area contributed by atoms with Gasteiger partial charge < -0.3 is 14.6 Å². The van der Waals surface area contributed by atoms with E-state index in [0.29, 0.717) is 23.8 Å². The number of carboxylic acid groups (broad SMARTS) is 1.